The maximum absolute atomic E-state index is 13.0. The molecule has 2 heterocycles. The van der Waals surface area contributed by atoms with Gasteiger partial charge in [-0.3, -0.25) is 4.52 Å². The average Bonchev–Trinajstić information content (AvgIpc) is 3.27. The van der Waals surface area contributed by atoms with Gasteiger partial charge in [-0.05, 0) is 28.5 Å². The molecule has 28 heavy (non-hydrogen) atoms. The first-order chi connectivity index (χ1) is 13.4. The molecule has 0 unspecified atom stereocenters. The molecule has 11 nitrogen and oxygen atoms in total. The average molecular weight is 397 g/mol. The zero-order valence-corrected chi connectivity index (χ0v) is 14.2. The fraction of sp³-hybridized carbons (Fsp3) is 0.286. The fourth-order valence-electron chi connectivity index (χ4n) is 2.23. The third kappa shape index (κ3) is 3.96. The van der Waals surface area contributed by atoms with Crippen LogP contribution < -0.4 is 16.0 Å². The van der Waals surface area contributed by atoms with Crippen LogP contribution in [0.4, 0.5) is 19.0 Å². The zero-order chi connectivity index (χ0) is 20.1. The predicted molar refractivity (Wildman–Crippen MR) is 86.7 cm³/mol. The number of benzene rings is 1. The molecular formula is C14H12F3N8O3+. The molecule has 0 radical (unpaired) electrons. The summed E-state index contributed by atoms with van der Waals surface area (Å²) in [5, 5.41) is 20.9. The summed E-state index contributed by atoms with van der Waals surface area (Å²) < 4.78 is 49.0. The second-order valence-corrected chi connectivity index (χ2v) is 5.20. The van der Waals surface area contributed by atoms with Crippen LogP contribution in [0.2, 0.25) is 0 Å². The van der Waals surface area contributed by atoms with Crippen molar-refractivity contribution in [3.8, 4) is 17.2 Å². The molecule has 0 fully saturated rings. The van der Waals surface area contributed by atoms with Crippen molar-refractivity contribution in [1.29, 1.82) is 0 Å². The molecule has 0 aliphatic rings. The molecular weight excluding hydrogens is 385 g/mol. The van der Waals surface area contributed by atoms with Crippen LogP contribution in [0.1, 0.15) is 5.56 Å². The highest BCUT2D eigenvalue weighted by Crippen LogP contribution is 2.31. The number of aromatic nitrogens is 4. The van der Waals surface area contributed by atoms with E-state index in [0.717, 1.165) is 22.8 Å². The minimum atomic E-state index is -4.58. The van der Waals surface area contributed by atoms with E-state index in [9.17, 15) is 18.0 Å². The lowest BCUT2D eigenvalue weighted by molar-refractivity contribution is -0.137. The summed E-state index contributed by atoms with van der Waals surface area (Å²) in [5.74, 6) is -1.09. The highest BCUT2D eigenvalue weighted by Gasteiger charge is 2.31. The monoisotopic (exact) mass is 397 g/mol. The first-order valence-electron chi connectivity index (χ1n) is 7.70. The van der Waals surface area contributed by atoms with E-state index < -0.39 is 17.5 Å². The first-order valence-corrected chi connectivity index (χ1v) is 7.70. The molecule has 0 aliphatic heterocycles. The summed E-state index contributed by atoms with van der Waals surface area (Å²) in [6.45, 7) is 0.523. The Labute approximate surface area is 153 Å². The van der Waals surface area contributed by atoms with Crippen LogP contribution in [-0.4, -0.2) is 40.2 Å². The number of nitrogens with zero attached hydrogens (tertiary/aromatic N) is 7. The quantitative estimate of drug-likeness (QED) is 0.381. The van der Waals surface area contributed by atoms with Gasteiger partial charge in [0.05, 0.1) is 11.3 Å². The smallest absolute Gasteiger partial charge is 0.363 e. The van der Waals surface area contributed by atoms with E-state index >= 15 is 0 Å². The van der Waals surface area contributed by atoms with Gasteiger partial charge in [0.15, 0.2) is 5.69 Å². The molecule has 3 aromatic rings. The van der Waals surface area contributed by atoms with Crippen molar-refractivity contribution in [3.05, 3.63) is 40.4 Å². The van der Waals surface area contributed by atoms with Crippen molar-refractivity contribution in [2.75, 3.05) is 25.5 Å². The minimum absolute atomic E-state index is 0.0274. The molecule has 0 atom stereocenters. The maximum atomic E-state index is 13.0. The van der Waals surface area contributed by atoms with Crippen molar-refractivity contribution in [3.63, 3.8) is 0 Å². The van der Waals surface area contributed by atoms with Gasteiger partial charge >= 0.3 is 11.9 Å². The predicted octanol–water partition coefficient (Wildman–Crippen LogP) is 1.91. The van der Waals surface area contributed by atoms with Crippen LogP contribution in [0.15, 0.2) is 48.4 Å². The molecule has 1 N–H and O–H groups in total. The van der Waals surface area contributed by atoms with Crippen LogP contribution >= 0.6 is 0 Å². The number of alkyl halides is 3. The van der Waals surface area contributed by atoms with Gasteiger partial charge in [-0.1, -0.05) is 11.2 Å². The highest BCUT2D eigenvalue weighted by molar-refractivity contribution is 5.66. The van der Waals surface area contributed by atoms with Crippen LogP contribution in [-0.2, 0) is 6.18 Å². The van der Waals surface area contributed by atoms with Crippen molar-refractivity contribution in [1.82, 2.24) is 24.9 Å². The molecule has 2 aromatic heterocycles. The Morgan fingerprint density at radius 1 is 1.29 bits per heavy atom. The maximum Gasteiger partial charge on any atom is 0.446 e. The van der Waals surface area contributed by atoms with Crippen molar-refractivity contribution in [2.24, 2.45) is 10.2 Å². The molecule has 0 amide bonds. The largest absolute Gasteiger partial charge is 0.446 e. The second-order valence-electron chi connectivity index (χ2n) is 5.20. The van der Waals surface area contributed by atoms with Gasteiger partial charge < -0.3 is 5.32 Å². The Balaban J connectivity index is 1.96. The fourth-order valence-corrected chi connectivity index (χ4v) is 2.23. The Morgan fingerprint density at radius 3 is 2.86 bits per heavy atom. The standard InChI is InChI=1S/C14H12F3N8O3/c1-18-24-20-6-5-19-11-10(21-28-22-11)12-23-27-13(26)25(12)9-4-2-3-8(7-9)14(15,16)17/h2-4,7H,5-6H2,1H3,(H,19,22)/q+1. The van der Waals surface area contributed by atoms with Gasteiger partial charge in [0.2, 0.25) is 16.6 Å². The van der Waals surface area contributed by atoms with E-state index in [0.29, 0.717) is 0 Å². The van der Waals surface area contributed by atoms with E-state index in [1.807, 2.05) is 0 Å². The Morgan fingerprint density at radius 2 is 2.11 bits per heavy atom. The lowest BCUT2D eigenvalue weighted by Gasteiger charge is -2.09. The summed E-state index contributed by atoms with van der Waals surface area (Å²) >= 11 is 0. The van der Waals surface area contributed by atoms with E-state index in [2.05, 4.69) is 45.1 Å². The highest BCUT2D eigenvalue weighted by atomic mass is 19.4. The van der Waals surface area contributed by atoms with Gasteiger partial charge in [-0.15, -0.1) is 0 Å². The summed E-state index contributed by atoms with van der Waals surface area (Å²) in [5.41, 5.74) is -1.07. The van der Waals surface area contributed by atoms with Gasteiger partial charge in [0.1, 0.15) is 23.8 Å². The topological polar surface area (TPSA) is 138 Å². The summed E-state index contributed by atoms with van der Waals surface area (Å²) in [7, 11) is 1.47. The van der Waals surface area contributed by atoms with E-state index in [1.165, 1.54) is 13.1 Å². The molecule has 0 saturated heterocycles. The van der Waals surface area contributed by atoms with Crippen molar-refractivity contribution >= 4 is 5.82 Å². The molecule has 0 saturated carbocycles. The summed E-state index contributed by atoms with van der Waals surface area (Å²) in [6.07, 6.45) is -4.58. The number of rotatable bonds is 6. The third-order valence-electron chi connectivity index (χ3n) is 3.39. The molecule has 14 heteroatoms. The Bertz CT molecular complexity index is 1080. The number of nitrogens with one attached hydrogen (secondary N) is 1. The zero-order valence-electron chi connectivity index (χ0n) is 14.2. The number of hydrogen-bond donors (Lipinski definition) is 1. The van der Waals surface area contributed by atoms with Crippen molar-refractivity contribution < 1.29 is 22.3 Å². The number of anilines is 1. The Hall–Kier alpha value is -3.80. The summed E-state index contributed by atoms with van der Waals surface area (Å²) in [6, 6.07) is 4.12. The van der Waals surface area contributed by atoms with Crippen LogP contribution in [0, 0.1) is 0 Å². The molecule has 0 spiro atoms. The number of hydrogen-bond acceptors (Lipinski definition) is 9. The van der Waals surface area contributed by atoms with E-state index in [1.54, 1.807) is 0 Å². The SMILES string of the molecule is CN=[N+]=NCCNc1nonc1-c1noc(=O)n1-c1cccc(C(F)(F)F)c1. The number of halogens is 3. The molecule has 3 rings (SSSR count). The molecule has 146 valence electrons. The van der Waals surface area contributed by atoms with Gasteiger partial charge in [0.25, 0.3) is 0 Å². The van der Waals surface area contributed by atoms with Gasteiger partial charge in [-0.25, -0.2) is 14.0 Å². The van der Waals surface area contributed by atoms with Crippen LogP contribution in [0.3, 0.4) is 0 Å². The van der Waals surface area contributed by atoms with Crippen LogP contribution in [0.5, 0.6) is 0 Å². The first kappa shape index (κ1) is 19.0. The third-order valence-corrected chi connectivity index (χ3v) is 3.39. The van der Waals surface area contributed by atoms with Gasteiger partial charge in [0, 0.05) is 6.54 Å². The lowest BCUT2D eigenvalue weighted by atomic mass is 10.2. The second kappa shape index (κ2) is 7.84. The van der Waals surface area contributed by atoms with E-state index in [-0.39, 0.29) is 36.1 Å². The lowest BCUT2D eigenvalue weighted by Crippen LogP contribution is -2.15. The molecule has 0 bridgehead atoms. The van der Waals surface area contributed by atoms with E-state index in [4.69, 9.17) is 0 Å². The summed E-state index contributed by atoms with van der Waals surface area (Å²) in [4.78, 5) is 15.5. The van der Waals surface area contributed by atoms with Gasteiger partial charge in [-0.2, -0.15) is 13.2 Å². The normalized spacial score (nSPS) is 11.1. The molecule has 1 aromatic carbocycles. The minimum Gasteiger partial charge on any atom is -0.363 e. The Kier molecular flexibility index (Phi) is 5.31. The molecule has 0 aliphatic carbocycles. The van der Waals surface area contributed by atoms with Crippen molar-refractivity contribution in [2.45, 2.75) is 6.18 Å². The van der Waals surface area contributed by atoms with Crippen LogP contribution in [0.25, 0.3) is 17.2 Å².